The van der Waals surface area contributed by atoms with Gasteiger partial charge in [-0.2, -0.15) is 0 Å². The lowest BCUT2D eigenvalue weighted by Gasteiger charge is -2.18. The average molecular weight is 226 g/mol. The van der Waals surface area contributed by atoms with Gasteiger partial charge in [0.15, 0.2) is 0 Å². The first-order valence-corrected chi connectivity index (χ1v) is 6.58. The zero-order valence-corrected chi connectivity index (χ0v) is 11.0. The van der Waals surface area contributed by atoms with Gasteiger partial charge in [0.25, 0.3) is 0 Å². The lowest BCUT2D eigenvalue weighted by Crippen LogP contribution is -2.18. The minimum absolute atomic E-state index is 0.484. The number of aryl methyl sites for hydroxylation is 1. The van der Waals surface area contributed by atoms with Crippen LogP contribution in [0, 0.1) is 12.8 Å². The molecule has 3 heteroatoms. The highest BCUT2D eigenvalue weighted by Crippen LogP contribution is 2.27. The first-order valence-electron chi connectivity index (χ1n) is 5.77. The SMILES string of the molecule is CCCC(C)CC(NC)c1cnc(C)s1. The molecule has 1 heterocycles. The molecule has 0 saturated carbocycles. The summed E-state index contributed by atoms with van der Waals surface area (Å²) in [4.78, 5) is 5.69. The Kier molecular flexibility index (Phi) is 5.26. The van der Waals surface area contributed by atoms with Crippen LogP contribution in [-0.4, -0.2) is 12.0 Å². The standard InChI is InChI=1S/C12H22N2S/c1-5-6-9(2)7-11(13-4)12-8-14-10(3)15-12/h8-9,11,13H,5-7H2,1-4H3. The van der Waals surface area contributed by atoms with E-state index >= 15 is 0 Å². The Labute approximate surface area is 97.1 Å². The molecule has 0 aliphatic carbocycles. The van der Waals surface area contributed by atoms with Gasteiger partial charge in [0.05, 0.1) is 5.01 Å². The van der Waals surface area contributed by atoms with Crippen LogP contribution < -0.4 is 5.32 Å². The molecule has 1 aromatic rings. The molecule has 1 rings (SSSR count). The summed E-state index contributed by atoms with van der Waals surface area (Å²) in [7, 11) is 2.04. The highest BCUT2D eigenvalue weighted by atomic mass is 32.1. The molecule has 0 fully saturated rings. The second-order valence-electron chi connectivity index (χ2n) is 4.25. The van der Waals surface area contributed by atoms with Crippen molar-refractivity contribution >= 4 is 11.3 Å². The van der Waals surface area contributed by atoms with Crippen molar-refractivity contribution in [3.63, 3.8) is 0 Å². The number of thiazole rings is 1. The van der Waals surface area contributed by atoms with E-state index in [1.807, 2.05) is 13.2 Å². The summed E-state index contributed by atoms with van der Waals surface area (Å²) in [5, 5.41) is 4.55. The van der Waals surface area contributed by atoms with Crippen molar-refractivity contribution in [2.45, 2.75) is 46.1 Å². The Balaban J connectivity index is 2.56. The van der Waals surface area contributed by atoms with Gasteiger partial charge in [0.1, 0.15) is 0 Å². The maximum Gasteiger partial charge on any atom is 0.0897 e. The average Bonchev–Trinajstić information content (AvgIpc) is 2.61. The molecule has 0 aliphatic heterocycles. The molecular formula is C12H22N2S. The van der Waals surface area contributed by atoms with E-state index in [-0.39, 0.29) is 0 Å². The van der Waals surface area contributed by atoms with Gasteiger partial charge < -0.3 is 5.32 Å². The van der Waals surface area contributed by atoms with Crippen LogP contribution in [0.5, 0.6) is 0 Å². The molecule has 86 valence electrons. The van der Waals surface area contributed by atoms with Gasteiger partial charge >= 0.3 is 0 Å². The van der Waals surface area contributed by atoms with E-state index in [0.29, 0.717) is 6.04 Å². The van der Waals surface area contributed by atoms with Gasteiger partial charge in [0.2, 0.25) is 0 Å². The maximum atomic E-state index is 4.32. The molecule has 2 unspecified atom stereocenters. The van der Waals surface area contributed by atoms with Gasteiger partial charge in [0, 0.05) is 17.1 Å². The molecule has 1 aromatic heterocycles. The van der Waals surface area contributed by atoms with Crippen LogP contribution in [0.3, 0.4) is 0 Å². The van der Waals surface area contributed by atoms with Crippen molar-refractivity contribution in [2.24, 2.45) is 5.92 Å². The molecule has 2 nitrogen and oxygen atoms in total. The molecule has 0 bridgehead atoms. The summed E-state index contributed by atoms with van der Waals surface area (Å²) < 4.78 is 0. The summed E-state index contributed by atoms with van der Waals surface area (Å²) in [6.07, 6.45) is 5.82. The van der Waals surface area contributed by atoms with E-state index in [1.165, 1.54) is 24.1 Å². The minimum atomic E-state index is 0.484. The predicted octanol–water partition coefficient (Wildman–Crippen LogP) is 3.54. The van der Waals surface area contributed by atoms with E-state index in [0.717, 1.165) is 10.9 Å². The third-order valence-electron chi connectivity index (χ3n) is 2.75. The third kappa shape index (κ3) is 3.92. The number of nitrogens with one attached hydrogen (secondary N) is 1. The van der Waals surface area contributed by atoms with E-state index in [9.17, 15) is 0 Å². The molecular weight excluding hydrogens is 204 g/mol. The Hall–Kier alpha value is -0.410. The van der Waals surface area contributed by atoms with Crippen LogP contribution in [0.25, 0.3) is 0 Å². The highest BCUT2D eigenvalue weighted by Gasteiger charge is 2.15. The van der Waals surface area contributed by atoms with Crippen molar-refractivity contribution in [3.05, 3.63) is 16.1 Å². The summed E-state index contributed by atoms with van der Waals surface area (Å²) in [5.41, 5.74) is 0. The fourth-order valence-corrected chi connectivity index (χ4v) is 2.84. The van der Waals surface area contributed by atoms with Crippen molar-refractivity contribution in [3.8, 4) is 0 Å². The molecule has 2 atom stereocenters. The zero-order chi connectivity index (χ0) is 11.3. The Morgan fingerprint density at radius 2 is 2.27 bits per heavy atom. The Bertz CT molecular complexity index is 283. The van der Waals surface area contributed by atoms with Gasteiger partial charge in [-0.25, -0.2) is 4.98 Å². The maximum absolute atomic E-state index is 4.32. The van der Waals surface area contributed by atoms with Gasteiger partial charge in [-0.05, 0) is 26.3 Å². The molecule has 0 saturated heterocycles. The molecule has 0 spiro atoms. The van der Waals surface area contributed by atoms with Crippen molar-refractivity contribution in [1.82, 2.24) is 10.3 Å². The van der Waals surface area contributed by atoms with E-state index in [4.69, 9.17) is 0 Å². The second-order valence-corrected chi connectivity index (χ2v) is 5.52. The van der Waals surface area contributed by atoms with Crippen LogP contribution in [0.15, 0.2) is 6.20 Å². The topological polar surface area (TPSA) is 24.9 Å². The highest BCUT2D eigenvalue weighted by molar-refractivity contribution is 7.11. The first kappa shape index (κ1) is 12.7. The molecule has 15 heavy (non-hydrogen) atoms. The van der Waals surface area contributed by atoms with Gasteiger partial charge in [-0.3, -0.25) is 0 Å². The predicted molar refractivity (Wildman–Crippen MR) is 67.3 cm³/mol. The summed E-state index contributed by atoms with van der Waals surface area (Å²) in [6, 6.07) is 0.484. The van der Waals surface area contributed by atoms with Crippen molar-refractivity contribution in [1.29, 1.82) is 0 Å². The zero-order valence-electron chi connectivity index (χ0n) is 10.2. The smallest absolute Gasteiger partial charge is 0.0897 e. The minimum Gasteiger partial charge on any atom is -0.312 e. The summed E-state index contributed by atoms with van der Waals surface area (Å²) in [5.74, 6) is 0.787. The third-order valence-corrected chi connectivity index (χ3v) is 3.78. The van der Waals surface area contributed by atoms with Crippen molar-refractivity contribution in [2.75, 3.05) is 7.05 Å². The second kappa shape index (κ2) is 6.23. The number of aromatic nitrogens is 1. The van der Waals surface area contributed by atoms with Crippen LogP contribution in [-0.2, 0) is 0 Å². The lowest BCUT2D eigenvalue weighted by molar-refractivity contribution is 0.410. The molecule has 0 aliphatic rings. The molecule has 0 amide bonds. The van der Waals surface area contributed by atoms with Crippen LogP contribution in [0.2, 0.25) is 0 Å². The largest absolute Gasteiger partial charge is 0.312 e. The molecule has 0 aromatic carbocycles. The van der Waals surface area contributed by atoms with Gasteiger partial charge in [-0.1, -0.05) is 26.7 Å². The van der Waals surface area contributed by atoms with Gasteiger partial charge in [-0.15, -0.1) is 11.3 Å². The summed E-state index contributed by atoms with van der Waals surface area (Å²) in [6.45, 7) is 6.65. The normalized spacial score (nSPS) is 15.2. The van der Waals surface area contributed by atoms with Crippen LogP contribution in [0.1, 0.15) is 49.0 Å². The number of rotatable bonds is 6. The lowest BCUT2D eigenvalue weighted by atomic mass is 9.97. The fraction of sp³-hybridized carbons (Fsp3) is 0.750. The van der Waals surface area contributed by atoms with Crippen LogP contribution >= 0.6 is 11.3 Å². The number of nitrogens with zero attached hydrogens (tertiary/aromatic N) is 1. The van der Waals surface area contributed by atoms with E-state index < -0.39 is 0 Å². The Morgan fingerprint density at radius 3 is 2.73 bits per heavy atom. The first-order chi connectivity index (χ1) is 7.17. The van der Waals surface area contributed by atoms with E-state index in [1.54, 1.807) is 11.3 Å². The van der Waals surface area contributed by atoms with E-state index in [2.05, 4.69) is 31.1 Å². The summed E-state index contributed by atoms with van der Waals surface area (Å²) >= 11 is 1.81. The van der Waals surface area contributed by atoms with Crippen LogP contribution in [0.4, 0.5) is 0 Å². The number of hydrogen-bond acceptors (Lipinski definition) is 3. The Morgan fingerprint density at radius 1 is 1.53 bits per heavy atom. The monoisotopic (exact) mass is 226 g/mol. The van der Waals surface area contributed by atoms with Crippen molar-refractivity contribution < 1.29 is 0 Å². The molecule has 0 radical (unpaired) electrons. The fourth-order valence-electron chi connectivity index (χ4n) is 1.93. The number of hydrogen-bond donors (Lipinski definition) is 1. The molecule has 1 N–H and O–H groups in total. The quantitative estimate of drug-likeness (QED) is 0.802.